The Kier molecular flexibility index (Phi) is 12.0. The number of nitrogens with zero attached hydrogens (tertiary/aromatic N) is 2. The first-order valence-corrected chi connectivity index (χ1v) is 14.2. The van der Waals surface area contributed by atoms with Crippen LogP contribution >= 0.6 is 34.9 Å². The summed E-state index contributed by atoms with van der Waals surface area (Å²) < 4.78 is 5.41. The fourth-order valence-corrected chi connectivity index (χ4v) is 5.35. The number of rotatable bonds is 4. The van der Waals surface area contributed by atoms with Gasteiger partial charge in [0.25, 0.3) is 0 Å². The molecule has 0 spiro atoms. The summed E-state index contributed by atoms with van der Waals surface area (Å²) in [6, 6.07) is 0. The van der Waals surface area contributed by atoms with Crippen molar-refractivity contribution in [3.05, 3.63) is 28.2 Å². The number of amides is 2. The third-order valence-electron chi connectivity index (χ3n) is 4.54. The Morgan fingerprint density at radius 1 is 1.29 bits per heavy atom. The second-order valence-electron chi connectivity index (χ2n) is 8.06. The third kappa shape index (κ3) is 9.77. The van der Waals surface area contributed by atoms with Crippen LogP contribution in [-0.2, 0) is 30.5 Å². The molecule has 3 rings (SSSR count). The molecule has 0 aliphatic carbocycles. The Labute approximate surface area is 218 Å². The molecule has 2 N–H and O–H groups in total. The van der Waals surface area contributed by atoms with Crippen LogP contribution in [0.15, 0.2) is 22.5 Å². The molecule has 192 valence electrons. The summed E-state index contributed by atoms with van der Waals surface area (Å²) in [5.74, 6) is -0.271. The minimum atomic E-state index is -0.997. The van der Waals surface area contributed by atoms with E-state index in [1.54, 1.807) is 19.1 Å². The van der Waals surface area contributed by atoms with Gasteiger partial charge < -0.3 is 15.4 Å². The van der Waals surface area contributed by atoms with E-state index >= 15 is 0 Å². The Morgan fingerprint density at radius 2 is 2.03 bits per heavy atom. The quantitative estimate of drug-likeness (QED) is 0.339. The molecular weight excluding hydrogens is 508 g/mol. The molecule has 0 saturated carbocycles. The van der Waals surface area contributed by atoms with Crippen LogP contribution in [0.1, 0.15) is 57.7 Å². The summed E-state index contributed by atoms with van der Waals surface area (Å²) in [7, 11) is 0. The van der Waals surface area contributed by atoms with Gasteiger partial charge in [0.2, 0.25) is 11.8 Å². The zero-order valence-corrected chi connectivity index (χ0v) is 22.9. The number of thioether (sulfide) groups is 2. The highest BCUT2D eigenvalue weighted by atomic mass is 32.2. The molecule has 0 saturated heterocycles. The monoisotopic (exact) mass is 540 g/mol. The van der Waals surface area contributed by atoms with E-state index in [0.29, 0.717) is 33.7 Å². The van der Waals surface area contributed by atoms with Gasteiger partial charge in [0, 0.05) is 23.8 Å². The number of fused-ring (bicyclic) bond motifs is 4. The normalized spacial score (nSPS) is 23.0. The number of aliphatic imine (C=N–C) groups is 1. The minimum absolute atomic E-state index is 0.0285. The first-order valence-electron chi connectivity index (χ1n) is 11.4. The Hall–Kier alpha value is -2.18. The smallest absolute Gasteiger partial charge is 0.326 e. The summed E-state index contributed by atoms with van der Waals surface area (Å²) in [5, 5.41) is 8.65. The standard InChI is InChI=1S/C20H24N4O5S3.C3H8/c1-12(25)30-6-4-3-5-13-7-15(26)21-8-16-23-14(10-31-16)18-24-20(2,11-32-18)19(28)22-9-17(27)29-13;1-3-2/h3,5,10,13H,4,6-9,11H2,1-2H3,(H,21,26)(H,22,28);3H2,1-2H3/b5-3+;. The molecule has 2 aliphatic rings. The molecule has 0 fully saturated rings. The molecule has 2 unspecified atom stereocenters. The van der Waals surface area contributed by atoms with E-state index in [9.17, 15) is 19.2 Å². The van der Waals surface area contributed by atoms with Gasteiger partial charge in [-0.1, -0.05) is 38.1 Å². The highest BCUT2D eigenvalue weighted by molar-refractivity contribution is 8.14. The van der Waals surface area contributed by atoms with Crippen LogP contribution in [0.25, 0.3) is 0 Å². The maximum atomic E-state index is 12.7. The molecule has 35 heavy (non-hydrogen) atoms. The predicted molar refractivity (Wildman–Crippen MR) is 142 cm³/mol. The lowest BCUT2D eigenvalue weighted by Gasteiger charge is -2.19. The Bertz CT molecular complexity index is 978. The van der Waals surface area contributed by atoms with Crippen LogP contribution in [0.3, 0.4) is 0 Å². The summed E-state index contributed by atoms with van der Waals surface area (Å²) in [4.78, 5) is 57.5. The average Bonchev–Trinajstić information content (AvgIpc) is 3.43. The van der Waals surface area contributed by atoms with Crippen LogP contribution in [0.2, 0.25) is 0 Å². The number of hydrogen-bond acceptors (Lipinski definition) is 10. The maximum Gasteiger partial charge on any atom is 0.326 e. The highest BCUT2D eigenvalue weighted by Gasteiger charge is 2.39. The molecule has 1 aromatic heterocycles. The van der Waals surface area contributed by atoms with Crippen LogP contribution < -0.4 is 10.6 Å². The van der Waals surface area contributed by atoms with Gasteiger partial charge in [0.1, 0.15) is 33.9 Å². The molecule has 0 aromatic carbocycles. The number of aromatic nitrogens is 1. The zero-order valence-electron chi connectivity index (χ0n) is 20.4. The van der Waals surface area contributed by atoms with Crippen LogP contribution in [0, 0.1) is 0 Å². The van der Waals surface area contributed by atoms with Gasteiger partial charge in [0.05, 0.1) is 13.0 Å². The molecule has 2 atom stereocenters. The number of esters is 1. The summed E-state index contributed by atoms with van der Waals surface area (Å²) in [6.07, 6.45) is 4.40. The van der Waals surface area contributed by atoms with Crippen molar-refractivity contribution in [3.63, 3.8) is 0 Å². The molecule has 12 heteroatoms. The Morgan fingerprint density at radius 3 is 2.74 bits per heavy atom. The van der Waals surface area contributed by atoms with Crippen molar-refractivity contribution in [2.24, 2.45) is 4.99 Å². The number of carbonyl (C=O) groups excluding carboxylic acids is 4. The lowest BCUT2D eigenvalue weighted by molar-refractivity contribution is -0.148. The van der Waals surface area contributed by atoms with E-state index in [-0.39, 0.29) is 36.4 Å². The van der Waals surface area contributed by atoms with Crippen molar-refractivity contribution in [2.45, 2.75) is 65.1 Å². The zero-order chi connectivity index (χ0) is 25.8. The van der Waals surface area contributed by atoms with E-state index in [0.717, 1.165) is 0 Å². The molecule has 0 radical (unpaired) electrons. The molecule has 1 aromatic rings. The Balaban J connectivity index is 0.00000137. The fraction of sp³-hybridized carbons (Fsp3) is 0.565. The summed E-state index contributed by atoms with van der Waals surface area (Å²) >= 11 is 4.04. The molecular formula is C23H32N4O5S3. The first-order chi connectivity index (χ1) is 16.7. The number of cyclic esters (lactones) is 1. The first kappa shape index (κ1) is 29.1. The summed E-state index contributed by atoms with van der Waals surface area (Å²) in [6.45, 7) is 7.39. The van der Waals surface area contributed by atoms with Crippen molar-refractivity contribution in [2.75, 3.05) is 18.1 Å². The van der Waals surface area contributed by atoms with Crippen LogP contribution in [0.4, 0.5) is 0 Å². The number of hydrogen-bond donors (Lipinski definition) is 2. The average molecular weight is 541 g/mol. The molecule has 2 aliphatic heterocycles. The van der Waals surface area contributed by atoms with Crippen LogP contribution in [-0.4, -0.2) is 62.6 Å². The number of allylic oxidation sites excluding steroid dienone is 1. The van der Waals surface area contributed by atoms with Gasteiger partial charge in [-0.15, -0.1) is 23.1 Å². The van der Waals surface area contributed by atoms with E-state index in [1.165, 1.54) is 48.2 Å². The second-order valence-corrected chi connectivity index (χ2v) is 11.2. The number of carbonyl (C=O) groups is 4. The number of nitrogens with one attached hydrogen (secondary N) is 2. The van der Waals surface area contributed by atoms with Gasteiger partial charge in [-0.3, -0.25) is 24.2 Å². The van der Waals surface area contributed by atoms with Gasteiger partial charge in [-0.25, -0.2) is 4.98 Å². The van der Waals surface area contributed by atoms with Gasteiger partial charge in [-0.05, 0) is 19.4 Å². The SMILES string of the molecule is CC(=O)SCC/C=C/C1CC(=O)NCc2nc(cs2)C2=NC(C)(CS2)C(=O)NCC(=O)O1.CCC. The fourth-order valence-electron chi connectivity index (χ4n) is 2.89. The highest BCUT2D eigenvalue weighted by Crippen LogP contribution is 2.31. The van der Waals surface area contributed by atoms with Crippen molar-refractivity contribution < 1.29 is 23.9 Å². The van der Waals surface area contributed by atoms with Gasteiger partial charge in [-0.2, -0.15) is 0 Å². The number of thiazole rings is 1. The van der Waals surface area contributed by atoms with Crippen molar-refractivity contribution in [1.29, 1.82) is 0 Å². The molecule has 4 bridgehead atoms. The summed E-state index contributed by atoms with van der Waals surface area (Å²) in [5.41, 5.74) is -0.320. The molecule has 3 heterocycles. The van der Waals surface area contributed by atoms with E-state index in [2.05, 4.69) is 34.5 Å². The van der Waals surface area contributed by atoms with Gasteiger partial charge in [0.15, 0.2) is 5.12 Å². The number of ether oxygens (including phenoxy) is 1. The van der Waals surface area contributed by atoms with Crippen molar-refractivity contribution in [1.82, 2.24) is 15.6 Å². The lowest BCUT2D eigenvalue weighted by atomic mass is 10.1. The predicted octanol–water partition coefficient (Wildman–Crippen LogP) is 3.09. The largest absolute Gasteiger partial charge is 0.456 e. The molecule has 9 nitrogen and oxygen atoms in total. The second kappa shape index (κ2) is 14.4. The maximum absolute atomic E-state index is 12.7. The van der Waals surface area contributed by atoms with Crippen molar-refractivity contribution >= 4 is 62.8 Å². The van der Waals surface area contributed by atoms with Gasteiger partial charge >= 0.3 is 5.97 Å². The van der Waals surface area contributed by atoms with Crippen LogP contribution in [0.5, 0.6) is 0 Å². The van der Waals surface area contributed by atoms with E-state index in [4.69, 9.17) is 4.74 Å². The van der Waals surface area contributed by atoms with E-state index < -0.39 is 17.6 Å². The lowest BCUT2D eigenvalue weighted by Crippen LogP contribution is -2.46. The third-order valence-corrected chi connectivity index (χ3v) is 7.51. The van der Waals surface area contributed by atoms with Crippen molar-refractivity contribution in [3.8, 4) is 0 Å². The minimum Gasteiger partial charge on any atom is -0.456 e. The topological polar surface area (TPSA) is 127 Å². The van der Waals surface area contributed by atoms with E-state index in [1.807, 2.05) is 5.38 Å². The molecule has 2 amide bonds.